The minimum atomic E-state index is -0.996. The Morgan fingerprint density at radius 3 is 2.50 bits per heavy atom. The van der Waals surface area contributed by atoms with Gasteiger partial charge in [-0.15, -0.1) is 0 Å². The summed E-state index contributed by atoms with van der Waals surface area (Å²) in [5, 5.41) is 21.7. The quantitative estimate of drug-likeness (QED) is 0.216. The molecule has 0 aromatic heterocycles. The third-order valence-electron chi connectivity index (χ3n) is 4.79. The number of nitrogens with zero attached hydrogens (tertiary/aromatic N) is 2. The molecule has 0 aliphatic carbocycles. The maximum Gasteiger partial charge on any atom is 0.269 e. The minimum Gasteiger partial charge on any atom is -0.366 e. The summed E-state index contributed by atoms with van der Waals surface area (Å²) in [7, 11) is 1.46. The molecule has 1 aliphatic rings. The van der Waals surface area contributed by atoms with Crippen LogP contribution in [-0.2, 0) is 19.1 Å². The number of rotatable bonds is 9. The number of hydrogen-bond acceptors (Lipinski definition) is 8. The molecule has 0 radical (unpaired) electrons. The number of hydrogen-bond donors (Lipinski definition) is 3. The zero-order chi connectivity index (χ0) is 22.4. The lowest BCUT2D eigenvalue weighted by molar-refractivity contribution is -0.384. The van der Waals surface area contributed by atoms with E-state index in [9.17, 15) is 29.3 Å². The Bertz CT molecular complexity index is 841. The van der Waals surface area contributed by atoms with Gasteiger partial charge in [0.2, 0.25) is 11.8 Å². The Morgan fingerprint density at radius 2 is 2.00 bits per heavy atom. The average Bonchev–Trinajstić information content (AvgIpc) is 3.05. The third kappa shape index (κ3) is 5.58. The monoisotopic (exact) mass is 422 g/mol. The lowest BCUT2D eigenvalue weighted by atomic mass is 10.00. The molecule has 3 N–H and O–H groups in total. The molecular formula is C18H22N4O8. The fraction of sp³-hybridized carbons (Fsp3) is 0.444. The van der Waals surface area contributed by atoms with Gasteiger partial charge in [-0.05, 0) is 18.6 Å². The van der Waals surface area contributed by atoms with Crippen LogP contribution < -0.4 is 10.8 Å². The van der Waals surface area contributed by atoms with Crippen LogP contribution in [0, 0.1) is 16.0 Å². The SMILES string of the molecule is C[C@@H](C[C@@H](COC1CC(=O)NC1=O)N(C)C(=O)c1ccc([N+](=O)[O-])cc1)C(=O)NO. The number of non-ortho nitro benzene ring substituents is 1. The molecule has 0 bridgehead atoms. The highest BCUT2D eigenvalue weighted by Gasteiger charge is 2.33. The van der Waals surface area contributed by atoms with Gasteiger partial charge in [0.15, 0.2) is 0 Å². The molecule has 1 heterocycles. The molecule has 1 aromatic carbocycles. The van der Waals surface area contributed by atoms with Crippen LogP contribution in [0.4, 0.5) is 5.69 Å². The van der Waals surface area contributed by atoms with Crippen LogP contribution in [0.25, 0.3) is 0 Å². The van der Waals surface area contributed by atoms with Crippen LogP contribution in [0.2, 0.25) is 0 Å². The molecule has 1 saturated heterocycles. The maximum absolute atomic E-state index is 12.8. The number of nitro benzene ring substituents is 1. The third-order valence-corrected chi connectivity index (χ3v) is 4.79. The summed E-state index contributed by atoms with van der Waals surface area (Å²) in [6.45, 7) is 1.39. The van der Waals surface area contributed by atoms with Crippen molar-refractivity contribution in [3.8, 4) is 0 Å². The maximum atomic E-state index is 12.8. The first-order valence-electron chi connectivity index (χ1n) is 9.04. The van der Waals surface area contributed by atoms with E-state index in [0.717, 1.165) is 0 Å². The van der Waals surface area contributed by atoms with Crippen molar-refractivity contribution in [2.24, 2.45) is 5.92 Å². The first kappa shape index (κ1) is 22.9. The second-order valence-electron chi connectivity index (χ2n) is 6.93. The van der Waals surface area contributed by atoms with Crippen molar-refractivity contribution in [3.63, 3.8) is 0 Å². The molecule has 1 unspecified atom stereocenters. The smallest absolute Gasteiger partial charge is 0.269 e. The first-order chi connectivity index (χ1) is 14.1. The van der Waals surface area contributed by atoms with Gasteiger partial charge < -0.3 is 9.64 Å². The lowest BCUT2D eigenvalue weighted by Gasteiger charge is -2.30. The fourth-order valence-electron chi connectivity index (χ4n) is 2.95. The van der Waals surface area contributed by atoms with Crippen LogP contribution >= 0.6 is 0 Å². The number of imide groups is 1. The highest BCUT2D eigenvalue weighted by Crippen LogP contribution is 2.19. The Kier molecular flexibility index (Phi) is 7.55. The summed E-state index contributed by atoms with van der Waals surface area (Å²) >= 11 is 0. The number of hydroxylamine groups is 1. The molecule has 162 valence electrons. The number of carbonyl (C=O) groups excluding carboxylic acids is 4. The summed E-state index contributed by atoms with van der Waals surface area (Å²) in [4.78, 5) is 59.0. The summed E-state index contributed by atoms with van der Waals surface area (Å²) in [5.74, 6) is -2.89. The Hall–Kier alpha value is -3.38. The molecule has 3 atom stereocenters. The topological polar surface area (TPSA) is 168 Å². The molecule has 12 heteroatoms. The van der Waals surface area contributed by atoms with Gasteiger partial charge in [-0.1, -0.05) is 6.92 Å². The van der Waals surface area contributed by atoms with Crippen LogP contribution in [0.1, 0.15) is 30.1 Å². The molecule has 0 spiro atoms. The molecule has 1 fully saturated rings. The van der Waals surface area contributed by atoms with Crippen molar-refractivity contribution in [1.82, 2.24) is 15.7 Å². The second-order valence-corrected chi connectivity index (χ2v) is 6.93. The Balaban J connectivity index is 2.15. The van der Waals surface area contributed by atoms with Crippen molar-refractivity contribution in [3.05, 3.63) is 39.9 Å². The van der Waals surface area contributed by atoms with E-state index >= 15 is 0 Å². The van der Waals surface area contributed by atoms with Gasteiger partial charge >= 0.3 is 0 Å². The first-order valence-corrected chi connectivity index (χ1v) is 9.04. The number of benzene rings is 1. The molecule has 4 amide bonds. The number of carbonyl (C=O) groups is 4. The zero-order valence-electron chi connectivity index (χ0n) is 16.4. The number of nitro groups is 1. The fourth-order valence-corrected chi connectivity index (χ4v) is 2.95. The predicted octanol–water partition coefficient (Wildman–Crippen LogP) is -0.00130. The molecule has 2 rings (SSSR count). The van der Waals surface area contributed by atoms with Crippen molar-refractivity contribution in [2.75, 3.05) is 13.7 Å². The summed E-state index contributed by atoms with van der Waals surface area (Å²) in [6, 6.07) is 4.32. The van der Waals surface area contributed by atoms with Crippen LogP contribution in [0.3, 0.4) is 0 Å². The number of amides is 4. The molecule has 1 aromatic rings. The number of ether oxygens (including phenoxy) is 1. The Morgan fingerprint density at radius 1 is 1.37 bits per heavy atom. The predicted molar refractivity (Wildman–Crippen MR) is 100 cm³/mol. The molecule has 1 aliphatic heterocycles. The normalized spacial score (nSPS) is 17.8. The largest absolute Gasteiger partial charge is 0.366 e. The van der Waals surface area contributed by atoms with E-state index in [2.05, 4.69) is 5.32 Å². The highest BCUT2D eigenvalue weighted by atomic mass is 16.6. The van der Waals surface area contributed by atoms with Crippen molar-refractivity contribution in [2.45, 2.75) is 31.9 Å². The summed E-state index contributed by atoms with van der Waals surface area (Å²) in [5.41, 5.74) is 1.56. The van der Waals surface area contributed by atoms with Crippen molar-refractivity contribution in [1.29, 1.82) is 0 Å². The van der Waals surface area contributed by atoms with Crippen molar-refractivity contribution < 1.29 is 34.0 Å². The van der Waals surface area contributed by atoms with Crippen LogP contribution in [0.5, 0.6) is 0 Å². The van der Waals surface area contributed by atoms with E-state index in [4.69, 9.17) is 9.94 Å². The van der Waals surface area contributed by atoms with E-state index in [-0.39, 0.29) is 30.7 Å². The van der Waals surface area contributed by atoms with Gasteiger partial charge in [-0.3, -0.25) is 39.8 Å². The zero-order valence-corrected chi connectivity index (χ0v) is 16.4. The van der Waals surface area contributed by atoms with Gasteiger partial charge in [0.05, 0.1) is 24.0 Å². The second kappa shape index (κ2) is 9.89. The van der Waals surface area contributed by atoms with Gasteiger partial charge in [0.25, 0.3) is 17.5 Å². The molecule has 12 nitrogen and oxygen atoms in total. The van der Waals surface area contributed by atoms with E-state index in [1.807, 2.05) is 0 Å². The highest BCUT2D eigenvalue weighted by molar-refractivity contribution is 6.04. The minimum absolute atomic E-state index is 0.0872. The lowest BCUT2D eigenvalue weighted by Crippen LogP contribution is -2.44. The summed E-state index contributed by atoms with van der Waals surface area (Å²) < 4.78 is 5.51. The van der Waals surface area contributed by atoms with Crippen LogP contribution in [-0.4, -0.2) is 64.5 Å². The van der Waals surface area contributed by atoms with Gasteiger partial charge in [-0.2, -0.15) is 0 Å². The Labute approximate surface area is 171 Å². The van der Waals surface area contributed by atoms with E-state index < -0.39 is 46.6 Å². The van der Waals surface area contributed by atoms with Gasteiger partial charge in [0.1, 0.15) is 6.10 Å². The molecule has 0 saturated carbocycles. The van der Waals surface area contributed by atoms with Crippen LogP contribution in [0.15, 0.2) is 24.3 Å². The number of nitrogens with one attached hydrogen (secondary N) is 2. The summed E-state index contributed by atoms with van der Waals surface area (Å²) in [6.07, 6.45) is -1.05. The standard InChI is InChI=1S/C18H22N4O8/c1-10(16(24)20-27)7-13(9-30-14-8-15(23)19-17(14)25)21(2)18(26)11-3-5-12(6-4-11)22(28)29/h3-6,10,13-14,27H,7-9H2,1-2H3,(H,20,24)(H,19,23,25)/t10-,13-,14?/m0/s1. The molecule has 30 heavy (non-hydrogen) atoms. The average molecular weight is 422 g/mol. The van der Waals surface area contributed by atoms with E-state index in [1.54, 1.807) is 5.48 Å². The molecular weight excluding hydrogens is 400 g/mol. The van der Waals surface area contributed by atoms with Gasteiger partial charge in [0, 0.05) is 30.7 Å². The van der Waals surface area contributed by atoms with E-state index in [1.165, 1.54) is 43.1 Å². The number of likely N-dealkylation sites (N-methyl/N-ethyl adjacent to an activating group) is 1. The van der Waals surface area contributed by atoms with Crippen molar-refractivity contribution >= 4 is 29.3 Å². The van der Waals surface area contributed by atoms with E-state index in [0.29, 0.717) is 0 Å². The van der Waals surface area contributed by atoms with Gasteiger partial charge in [-0.25, -0.2) is 5.48 Å².